The Hall–Kier alpha value is -0.720. The molecule has 7 heteroatoms. The average Bonchev–Trinajstić information content (AvgIpc) is 2.32. The number of allylic oxidation sites excluding steroid dienone is 1. The Bertz CT molecular complexity index is 327. The van der Waals surface area contributed by atoms with Crippen LogP contribution in [0.15, 0.2) is 12.7 Å². The van der Waals surface area contributed by atoms with Gasteiger partial charge in [0.15, 0.2) is 0 Å². The molecule has 1 nitrogen and oxygen atoms in total. The van der Waals surface area contributed by atoms with Crippen LogP contribution in [-0.4, -0.2) is 24.6 Å². The zero-order valence-electron chi connectivity index (χ0n) is 10.7. The number of ether oxygens (including phenoxy) is 1. The molecular formula is C12H16F6O. The Balaban J connectivity index is 3.28. The fraction of sp³-hybridized carbons (Fsp3) is 0.833. The molecular weight excluding hydrogens is 274 g/mol. The van der Waals surface area contributed by atoms with E-state index in [1.165, 1.54) is 0 Å². The molecule has 19 heavy (non-hydrogen) atoms. The van der Waals surface area contributed by atoms with Gasteiger partial charge in [0, 0.05) is 6.42 Å². The maximum absolute atomic E-state index is 13.0. The van der Waals surface area contributed by atoms with Crippen molar-refractivity contribution in [1.82, 2.24) is 0 Å². The number of hydrogen-bond donors (Lipinski definition) is 0. The molecule has 0 aliphatic carbocycles. The number of rotatable bonds is 1. The predicted molar refractivity (Wildman–Crippen MR) is 57.5 cm³/mol. The van der Waals surface area contributed by atoms with E-state index in [2.05, 4.69) is 11.3 Å². The van der Waals surface area contributed by atoms with Crippen molar-refractivity contribution in [3.05, 3.63) is 12.7 Å². The molecule has 0 spiro atoms. The zero-order chi connectivity index (χ0) is 15.1. The van der Waals surface area contributed by atoms with E-state index in [4.69, 9.17) is 0 Å². The molecule has 0 saturated carbocycles. The quantitative estimate of drug-likeness (QED) is 0.511. The third-order valence-electron chi connectivity index (χ3n) is 3.32. The van der Waals surface area contributed by atoms with Gasteiger partial charge in [-0.15, -0.1) is 6.58 Å². The van der Waals surface area contributed by atoms with Gasteiger partial charge in [0.2, 0.25) is 0 Å². The smallest absolute Gasteiger partial charge is 0.357 e. The largest absolute Gasteiger partial charge is 0.426 e. The minimum absolute atomic E-state index is 0.171. The molecule has 0 aromatic heterocycles. The van der Waals surface area contributed by atoms with E-state index in [0.717, 1.165) is 6.08 Å². The summed E-state index contributed by atoms with van der Waals surface area (Å²) in [6, 6.07) is 0. The van der Waals surface area contributed by atoms with Crippen molar-refractivity contribution in [2.75, 3.05) is 6.61 Å². The number of alkyl halides is 6. The first-order valence-electron chi connectivity index (χ1n) is 5.75. The van der Waals surface area contributed by atoms with Crippen LogP contribution in [0.25, 0.3) is 0 Å². The van der Waals surface area contributed by atoms with Gasteiger partial charge in [0.1, 0.15) is 0 Å². The summed E-state index contributed by atoms with van der Waals surface area (Å²) in [5.74, 6) is -0.902. The number of hydrogen-bond acceptors (Lipinski definition) is 1. The molecule has 1 heterocycles. The van der Waals surface area contributed by atoms with Gasteiger partial charge in [-0.2, -0.15) is 26.3 Å². The number of halogens is 6. The fourth-order valence-electron chi connectivity index (χ4n) is 2.31. The van der Waals surface area contributed by atoms with Gasteiger partial charge in [0.25, 0.3) is 5.60 Å². The molecule has 0 amide bonds. The maximum Gasteiger partial charge on any atom is 0.426 e. The molecule has 0 N–H and O–H groups in total. The van der Waals surface area contributed by atoms with E-state index in [0.29, 0.717) is 0 Å². The summed E-state index contributed by atoms with van der Waals surface area (Å²) in [7, 11) is 0. The van der Waals surface area contributed by atoms with E-state index in [1.807, 2.05) is 0 Å². The van der Waals surface area contributed by atoms with E-state index in [9.17, 15) is 26.3 Å². The van der Waals surface area contributed by atoms with Gasteiger partial charge in [-0.3, -0.25) is 0 Å². The SMILES string of the molecule is C=CC1CC(C)(C)COC(C(F)(F)F)(C(F)(F)F)C1. The Morgan fingerprint density at radius 2 is 1.53 bits per heavy atom. The Morgan fingerprint density at radius 1 is 1.05 bits per heavy atom. The highest BCUT2D eigenvalue weighted by Crippen LogP contribution is 2.53. The van der Waals surface area contributed by atoms with Crippen molar-refractivity contribution in [3.63, 3.8) is 0 Å². The van der Waals surface area contributed by atoms with Crippen LogP contribution in [-0.2, 0) is 4.74 Å². The van der Waals surface area contributed by atoms with Gasteiger partial charge < -0.3 is 4.74 Å². The third kappa shape index (κ3) is 3.07. The summed E-state index contributed by atoms with van der Waals surface area (Å²) in [5, 5.41) is 0. The van der Waals surface area contributed by atoms with E-state index in [1.54, 1.807) is 13.8 Å². The molecule has 0 aromatic rings. The lowest BCUT2D eigenvalue weighted by Crippen LogP contribution is -2.59. The molecule has 112 valence electrons. The molecule has 1 fully saturated rings. The summed E-state index contributed by atoms with van der Waals surface area (Å²) in [6.45, 7) is 5.88. The lowest BCUT2D eigenvalue weighted by molar-refractivity contribution is -0.384. The van der Waals surface area contributed by atoms with Crippen molar-refractivity contribution < 1.29 is 31.1 Å². The average molecular weight is 290 g/mol. The summed E-state index contributed by atoms with van der Waals surface area (Å²) >= 11 is 0. The van der Waals surface area contributed by atoms with E-state index >= 15 is 0 Å². The third-order valence-corrected chi connectivity index (χ3v) is 3.32. The topological polar surface area (TPSA) is 9.23 Å². The van der Waals surface area contributed by atoms with Crippen LogP contribution in [0.5, 0.6) is 0 Å². The molecule has 1 aliphatic rings. The monoisotopic (exact) mass is 290 g/mol. The first-order valence-corrected chi connectivity index (χ1v) is 5.75. The summed E-state index contributed by atoms with van der Waals surface area (Å²) in [4.78, 5) is 0. The minimum atomic E-state index is -5.51. The van der Waals surface area contributed by atoms with Crippen molar-refractivity contribution in [2.45, 2.75) is 44.6 Å². The van der Waals surface area contributed by atoms with Gasteiger partial charge in [-0.25, -0.2) is 0 Å². The highest BCUT2D eigenvalue weighted by atomic mass is 19.4. The molecule has 0 radical (unpaired) electrons. The summed E-state index contributed by atoms with van der Waals surface area (Å²) in [6.07, 6.45) is -10.9. The highest BCUT2D eigenvalue weighted by molar-refractivity contribution is 5.03. The van der Waals surface area contributed by atoms with Gasteiger partial charge in [-0.05, 0) is 17.8 Å². The molecule has 1 unspecified atom stereocenters. The summed E-state index contributed by atoms with van der Waals surface area (Å²) < 4.78 is 82.1. The van der Waals surface area contributed by atoms with Gasteiger partial charge >= 0.3 is 12.4 Å². The van der Waals surface area contributed by atoms with Crippen molar-refractivity contribution in [3.8, 4) is 0 Å². The van der Waals surface area contributed by atoms with Crippen molar-refractivity contribution >= 4 is 0 Å². The molecule has 1 rings (SSSR count). The van der Waals surface area contributed by atoms with Crippen LogP contribution in [0, 0.1) is 11.3 Å². The molecule has 1 saturated heterocycles. The first-order chi connectivity index (χ1) is 8.35. The Labute approximate surface area is 107 Å². The second-order valence-electron chi connectivity index (χ2n) is 5.68. The fourth-order valence-corrected chi connectivity index (χ4v) is 2.31. The molecule has 0 aromatic carbocycles. The van der Waals surface area contributed by atoms with E-state index in [-0.39, 0.29) is 6.42 Å². The first kappa shape index (κ1) is 16.3. The van der Waals surface area contributed by atoms with Crippen LogP contribution < -0.4 is 0 Å². The van der Waals surface area contributed by atoms with Crippen LogP contribution in [0.2, 0.25) is 0 Å². The second kappa shape index (κ2) is 4.68. The highest BCUT2D eigenvalue weighted by Gasteiger charge is 2.73. The van der Waals surface area contributed by atoms with Crippen LogP contribution in [0.1, 0.15) is 26.7 Å². The lowest BCUT2D eigenvalue weighted by Gasteiger charge is -2.37. The summed E-state index contributed by atoms with van der Waals surface area (Å²) in [5.41, 5.74) is -4.87. The van der Waals surface area contributed by atoms with Gasteiger partial charge in [0.05, 0.1) is 6.61 Å². The van der Waals surface area contributed by atoms with Crippen molar-refractivity contribution in [2.24, 2.45) is 11.3 Å². The molecule has 1 aliphatic heterocycles. The maximum atomic E-state index is 13.0. The van der Waals surface area contributed by atoms with E-state index < -0.39 is 42.3 Å². The zero-order valence-corrected chi connectivity index (χ0v) is 10.7. The molecule has 1 atom stereocenters. The second-order valence-corrected chi connectivity index (χ2v) is 5.68. The van der Waals surface area contributed by atoms with Crippen molar-refractivity contribution in [1.29, 1.82) is 0 Å². The van der Waals surface area contributed by atoms with Crippen LogP contribution in [0.4, 0.5) is 26.3 Å². The van der Waals surface area contributed by atoms with Gasteiger partial charge in [-0.1, -0.05) is 19.9 Å². The normalized spacial score (nSPS) is 27.7. The standard InChI is InChI=1S/C12H16F6O/c1-4-8-5-9(2,3)7-19-10(6-8,11(13,14)15)12(16,17)18/h4,8H,1,5-7H2,2-3H3. The Kier molecular flexibility index (Phi) is 4.02. The lowest BCUT2D eigenvalue weighted by atomic mass is 9.80. The predicted octanol–water partition coefficient (Wildman–Crippen LogP) is 4.49. The minimum Gasteiger partial charge on any atom is -0.357 e. The molecule has 0 bridgehead atoms. The van der Waals surface area contributed by atoms with Crippen LogP contribution >= 0.6 is 0 Å². The Morgan fingerprint density at radius 3 is 1.89 bits per heavy atom. The van der Waals surface area contributed by atoms with Crippen LogP contribution in [0.3, 0.4) is 0 Å².